The first-order valence-electron chi connectivity index (χ1n) is 15.3. The predicted octanol–water partition coefficient (Wildman–Crippen LogP) is 8.06. The Kier molecular flexibility index (Phi) is 13.8. The normalized spacial score (nSPS) is 12.8. The zero-order chi connectivity index (χ0) is 31.3. The van der Waals surface area contributed by atoms with Crippen LogP contribution in [0.3, 0.4) is 0 Å². The summed E-state index contributed by atoms with van der Waals surface area (Å²) in [6.07, 6.45) is 7.26. The molecule has 3 amide bonds. The van der Waals surface area contributed by atoms with Crippen LogP contribution in [0.5, 0.6) is 0 Å². The Balaban J connectivity index is 2.54. The summed E-state index contributed by atoms with van der Waals surface area (Å²) in [7, 11) is 0. The number of carbonyl (C=O) groups excluding carboxylic acids is 3. The lowest BCUT2D eigenvalue weighted by molar-refractivity contribution is -0.141. The van der Waals surface area contributed by atoms with Crippen molar-refractivity contribution in [2.75, 3.05) is 11.9 Å². The maximum atomic E-state index is 14.4. The number of para-hydroxylation sites is 1. The molecule has 2 aromatic rings. The zero-order valence-electron chi connectivity index (χ0n) is 26.7. The first-order valence-corrected chi connectivity index (χ1v) is 15.3. The number of amides is 3. The predicted molar refractivity (Wildman–Crippen MR) is 172 cm³/mol. The lowest BCUT2D eigenvalue weighted by Gasteiger charge is -2.36. The van der Waals surface area contributed by atoms with Gasteiger partial charge < -0.3 is 20.3 Å². The molecule has 230 valence electrons. The van der Waals surface area contributed by atoms with Crippen molar-refractivity contribution in [3.63, 3.8) is 0 Å². The van der Waals surface area contributed by atoms with Crippen molar-refractivity contribution >= 4 is 29.7 Å². The summed E-state index contributed by atoms with van der Waals surface area (Å²) in [5.41, 5.74) is 2.42. The molecule has 2 rings (SSSR count). The molecule has 7 heteroatoms. The Bertz CT molecular complexity index is 1180. The molecule has 7 nitrogen and oxygen atoms in total. The van der Waals surface area contributed by atoms with Gasteiger partial charge in [0.1, 0.15) is 17.7 Å². The maximum Gasteiger partial charge on any atom is 0.408 e. The van der Waals surface area contributed by atoms with Gasteiger partial charge in [-0.2, -0.15) is 0 Å². The standard InChI is InChI=1S/C35H51N3O4/c1-9-11-12-13-14-17-23-38(33(40)30(25(3)4)37-34(41)42-35(6,7)8)31(28-21-18-20-27(10-2)24-28)32(39)36-29-22-16-15-19-26(29)5/h10,15-16,18-22,24-25,30-31H,2,9,11-14,17,23H2,1,3-8H3,(H,36,39)(H,37,41). The van der Waals surface area contributed by atoms with E-state index in [9.17, 15) is 14.4 Å². The maximum absolute atomic E-state index is 14.4. The Labute approximate surface area is 253 Å². The summed E-state index contributed by atoms with van der Waals surface area (Å²) in [5.74, 6) is -0.875. The first kappa shape index (κ1) is 34.6. The van der Waals surface area contributed by atoms with Crippen molar-refractivity contribution in [3.8, 4) is 0 Å². The number of benzene rings is 2. The van der Waals surface area contributed by atoms with Gasteiger partial charge in [0.25, 0.3) is 5.91 Å². The number of hydrogen-bond acceptors (Lipinski definition) is 4. The lowest BCUT2D eigenvalue weighted by Crippen LogP contribution is -2.54. The van der Waals surface area contributed by atoms with Crippen molar-refractivity contribution in [1.82, 2.24) is 10.2 Å². The summed E-state index contributed by atoms with van der Waals surface area (Å²) in [6, 6.07) is 13.3. The van der Waals surface area contributed by atoms with E-state index in [0.29, 0.717) is 17.8 Å². The molecule has 0 aliphatic carbocycles. The first-order chi connectivity index (χ1) is 19.9. The molecule has 0 saturated heterocycles. The van der Waals surface area contributed by atoms with E-state index in [2.05, 4.69) is 24.1 Å². The van der Waals surface area contributed by atoms with Gasteiger partial charge >= 0.3 is 6.09 Å². The smallest absolute Gasteiger partial charge is 0.408 e. The Morgan fingerprint density at radius 3 is 2.26 bits per heavy atom. The molecule has 0 radical (unpaired) electrons. The summed E-state index contributed by atoms with van der Waals surface area (Å²) >= 11 is 0. The van der Waals surface area contributed by atoms with Gasteiger partial charge in [0.2, 0.25) is 5.91 Å². The van der Waals surface area contributed by atoms with Crippen LogP contribution in [0, 0.1) is 12.8 Å². The highest BCUT2D eigenvalue weighted by atomic mass is 16.6. The zero-order valence-corrected chi connectivity index (χ0v) is 26.7. The van der Waals surface area contributed by atoms with Crippen LogP contribution >= 0.6 is 0 Å². The van der Waals surface area contributed by atoms with E-state index in [-0.39, 0.29) is 17.7 Å². The number of unbranched alkanes of at least 4 members (excludes halogenated alkanes) is 5. The van der Waals surface area contributed by atoms with Crippen molar-refractivity contribution in [1.29, 1.82) is 0 Å². The molecular weight excluding hydrogens is 526 g/mol. The van der Waals surface area contributed by atoms with Crippen LogP contribution in [0.1, 0.15) is 103 Å². The van der Waals surface area contributed by atoms with Gasteiger partial charge in [-0.3, -0.25) is 9.59 Å². The summed E-state index contributed by atoms with van der Waals surface area (Å²) in [5, 5.41) is 5.87. The summed E-state index contributed by atoms with van der Waals surface area (Å²) in [4.78, 5) is 43.0. The third-order valence-electron chi connectivity index (χ3n) is 7.07. The van der Waals surface area contributed by atoms with Gasteiger partial charge in [0.05, 0.1) is 0 Å². The largest absolute Gasteiger partial charge is 0.444 e. The lowest BCUT2D eigenvalue weighted by atomic mass is 9.97. The van der Waals surface area contributed by atoms with E-state index in [1.807, 2.05) is 69.3 Å². The van der Waals surface area contributed by atoms with Gasteiger partial charge in [-0.15, -0.1) is 0 Å². The van der Waals surface area contributed by atoms with Crippen molar-refractivity contribution in [2.45, 2.75) is 105 Å². The molecule has 0 saturated carbocycles. The number of aryl methyl sites for hydroxylation is 1. The molecule has 0 aromatic heterocycles. The van der Waals surface area contributed by atoms with Crippen LogP contribution in [0.15, 0.2) is 55.1 Å². The van der Waals surface area contributed by atoms with Crippen molar-refractivity contribution in [2.24, 2.45) is 5.92 Å². The van der Waals surface area contributed by atoms with Gasteiger partial charge in [0, 0.05) is 12.2 Å². The van der Waals surface area contributed by atoms with Gasteiger partial charge in [-0.05, 0) is 68.9 Å². The summed E-state index contributed by atoms with van der Waals surface area (Å²) in [6.45, 7) is 17.5. The molecule has 42 heavy (non-hydrogen) atoms. The Morgan fingerprint density at radius 1 is 0.976 bits per heavy atom. The van der Waals surface area contributed by atoms with Crippen LogP contribution < -0.4 is 10.6 Å². The average Bonchev–Trinajstić information content (AvgIpc) is 2.92. The number of anilines is 1. The number of carbonyl (C=O) groups is 3. The fourth-order valence-electron chi connectivity index (χ4n) is 4.80. The molecule has 0 heterocycles. The van der Waals surface area contributed by atoms with Crippen LogP contribution in [0.2, 0.25) is 0 Å². The Morgan fingerprint density at radius 2 is 1.64 bits per heavy atom. The molecule has 2 unspecified atom stereocenters. The minimum Gasteiger partial charge on any atom is -0.444 e. The number of nitrogens with zero attached hydrogens (tertiary/aromatic N) is 1. The molecule has 0 aliphatic rings. The highest BCUT2D eigenvalue weighted by Gasteiger charge is 2.37. The average molecular weight is 578 g/mol. The van der Waals surface area contributed by atoms with Crippen molar-refractivity contribution < 1.29 is 19.1 Å². The minimum atomic E-state index is -0.922. The number of ether oxygens (including phenoxy) is 1. The number of rotatable bonds is 15. The number of alkyl carbamates (subject to hydrolysis) is 1. The molecule has 0 bridgehead atoms. The van der Waals surface area contributed by atoms with E-state index in [4.69, 9.17) is 4.74 Å². The van der Waals surface area contributed by atoms with E-state index in [1.165, 1.54) is 6.42 Å². The quantitative estimate of drug-likeness (QED) is 0.210. The van der Waals surface area contributed by atoms with E-state index >= 15 is 0 Å². The molecule has 2 N–H and O–H groups in total. The highest BCUT2D eigenvalue weighted by Crippen LogP contribution is 2.28. The molecule has 0 spiro atoms. The van der Waals surface area contributed by atoms with Crippen LogP contribution in [-0.4, -0.2) is 41.0 Å². The van der Waals surface area contributed by atoms with E-state index in [1.54, 1.807) is 31.7 Å². The van der Waals surface area contributed by atoms with E-state index in [0.717, 1.165) is 43.2 Å². The fourth-order valence-corrected chi connectivity index (χ4v) is 4.80. The minimum absolute atomic E-state index is 0.239. The van der Waals surface area contributed by atoms with Gasteiger partial charge in [0.15, 0.2) is 0 Å². The Hall–Kier alpha value is -3.61. The molecule has 2 aromatic carbocycles. The second-order valence-corrected chi connectivity index (χ2v) is 12.2. The number of hydrogen-bond donors (Lipinski definition) is 2. The van der Waals surface area contributed by atoms with Gasteiger partial charge in [-0.1, -0.05) is 102 Å². The molecular formula is C35H51N3O4. The summed E-state index contributed by atoms with van der Waals surface area (Å²) < 4.78 is 5.49. The van der Waals surface area contributed by atoms with Crippen molar-refractivity contribution in [3.05, 3.63) is 71.8 Å². The molecule has 0 fully saturated rings. The van der Waals surface area contributed by atoms with E-state index < -0.39 is 23.8 Å². The monoisotopic (exact) mass is 577 g/mol. The topological polar surface area (TPSA) is 87.7 Å². The van der Waals surface area contributed by atoms with Crippen LogP contribution in [0.25, 0.3) is 6.08 Å². The van der Waals surface area contributed by atoms with Crippen LogP contribution in [0.4, 0.5) is 10.5 Å². The third-order valence-corrected chi connectivity index (χ3v) is 7.07. The molecule has 2 atom stereocenters. The SMILES string of the molecule is C=Cc1cccc(C(C(=O)Nc2ccccc2C)N(CCCCCCCC)C(=O)C(NC(=O)OC(C)(C)C)C(C)C)c1. The molecule has 0 aliphatic heterocycles. The second-order valence-electron chi connectivity index (χ2n) is 12.2. The number of nitrogens with one attached hydrogen (secondary N) is 2. The fraction of sp³-hybridized carbons (Fsp3) is 0.514. The highest BCUT2D eigenvalue weighted by molar-refractivity contribution is 5.99. The second kappa shape index (κ2) is 16.7. The van der Waals surface area contributed by atoms with Crippen LogP contribution in [-0.2, 0) is 14.3 Å². The third kappa shape index (κ3) is 11.0. The van der Waals surface area contributed by atoms with Gasteiger partial charge in [-0.25, -0.2) is 4.79 Å².